The Hall–Kier alpha value is -6.25. The van der Waals surface area contributed by atoms with Crippen LogP contribution in [0.25, 0.3) is 0 Å². The topological polar surface area (TPSA) is 225 Å². The van der Waals surface area contributed by atoms with Crippen LogP contribution in [0.5, 0.6) is 11.5 Å². The van der Waals surface area contributed by atoms with Crippen LogP contribution in [0.4, 0.5) is 22.4 Å². The Bertz CT molecular complexity index is 1890. The lowest BCUT2D eigenvalue weighted by Crippen LogP contribution is -2.60. The molecule has 0 radical (unpaired) electrons. The van der Waals surface area contributed by atoms with E-state index in [4.69, 9.17) is 19.3 Å². The second-order valence-corrected chi connectivity index (χ2v) is 11.3. The molecule has 16 nitrogen and oxygen atoms in total. The van der Waals surface area contributed by atoms with E-state index in [2.05, 4.69) is 15.6 Å². The molecule has 53 heavy (non-hydrogen) atoms. The Morgan fingerprint density at radius 2 is 1.74 bits per heavy atom. The summed E-state index contributed by atoms with van der Waals surface area (Å²) < 4.78 is 58.3. The number of carbonyl (C=O) groups excluding carboxylic acids is 4. The fourth-order valence-corrected chi connectivity index (χ4v) is 5.07. The third-order valence-corrected chi connectivity index (χ3v) is 7.75. The van der Waals surface area contributed by atoms with Crippen LogP contribution in [0.15, 0.2) is 60.8 Å². The van der Waals surface area contributed by atoms with Crippen molar-refractivity contribution in [3.05, 3.63) is 89.0 Å². The zero-order valence-electron chi connectivity index (χ0n) is 27.5. The number of alkyl halides is 3. The predicted molar refractivity (Wildman–Crippen MR) is 172 cm³/mol. The number of fused-ring (bicyclic) bond motifs is 1. The lowest BCUT2D eigenvalue weighted by molar-refractivity contribution is -0.192. The predicted octanol–water partition coefficient (Wildman–Crippen LogP) is 1.71. The average Bonchev–Trinajstić information content (AvgIpc) is 3.11. The maximum atomic E-state index is 15.5. The molecule has 1 saturated heterocycles. The largest absolute Gasteiger partial charge is 0.547 e. The van der Waals surface area contributed by atoms with E-state index in [1.54, 1.807) is 13.0 Å². The number of carboxylic acids is 2. The van der Waals surface area contributed by atoms with Crippen molar-refractivity contribution in [3.63, 3.8) is 0 Å². The summed E-state index contributed by atoms with van der Waals surface area (Å²) in [7, 11) is -1.71. The average molecular weight is 747 g/mol. The van der Waals surface area contributed by atoms with E-state index in [0.29, 0.717) is 10.5 Å². The molecule has 21 heteroatoms. The van der Waals surface area contributed by atoms with E-state index < -0.39 is 72.5 Å². The van der Waals surface area contributed by atoms with Crippen molar-refractivity contribution in [1.29, 1.82) is 0 Å². The molecule has 5 amide bonds. The van der Waals surface area contributed by atoms with Crippen LogP contribution in [0.1, 0.15) is 40.1 Å². The van der Waals surface area contributed by atoms with Crippen molar-refractivity contribution < 1.29 is 71.0 Å². The number of hydrogen-bond donors (Lipinski definition) is 5. The zero-order chi connectivity index (χ0) is 39.0. The van der Waals surface area contributed by atoms with Crippen molar-refractivity contribution in [2.24, 2.45) is 0 Å². The van der Waals surface area contributed by atoms with Gasteiger partial charge in [0.05, 0.1) is 17.7 Å². The first-order valence-corrected chi connectivity index (χ1v) is 15.6. The third-order valence-electron chi connectivity index (χ3n) is 7.75. The van der Waals surface area contributed by atoms with Crippen molar-refractivity contribution in [2.45, 2.75) is 38.1 Å². The number of benzene rings is 2. The van der Waals surface area contributed by atoms with Crippen LogP contribution >= 0.6 is 0 Å². The summed E-state index contributed by atoms with van der Waals surface area (Å²) in [5.41, 5.74) is 0.459. The molecule has 2 aromatic carbocycles. The fraction of sp³-hybridized carbons (Fsp3) is 0.281. The van der Waals surface area contributed by atoms with E-state index in [9.17, 15) is 47.3 Å². The molecule has 0 saturated carbocycles. The Labute approximate surface area is 297 Å². The van der Waals surface area contributed by atoms with E-state index in [1.165, 1.54) is 17.0 Å². The number of pyridine rings is 1. The minimum Gasteiger partial charge on any atom is -0.534 e. The number of urea groups is 1. The summed E-state index contributed by atoms with van der Waals surface area (Å²) >= 11 is 0. The van der Waals surface area contributed by atoms with Gasteiger partial charge in [0.1, 0.15) is 23.8 Å². The van der Waals surface area contributed by atoms with Gasteiger partial charge in [0.25, 0.3) is 0 Å². The van der Waals surface area contributed by atoms with Crippen LogP contribution in [0.3, 0.4) is 0 Å². The number of carbonyl (C=O) groups is 6. The number of aromatic carboxylic acids is 1. The highest BCUT2D eigenvalue weighted by atomic mass is 19.4. The molecule has 280 valence electrons. The molecule has 3 heterocycles. The molecule has 5 N–H and O–H groups in total. The van der Waals surface area contributed by atoms with Crippen LogP contribution < -0.4 is 20.0 Å². The van der Waals surface area contributed by atoms with Gasteiger partial charge < -0.3 is 40.2 Å². The molecule has 5 rings (SSSR count). The number of aliphatic carboxylic acids is 1. The molecule has 1 fully saturated rings. The minimum atomic E-state index is -5.08. The van der Waals surface area contributed by atoms with Crippen LogP contribution in [0.2, 0.25) is 0 Å². The van der Waals surface area contributed by atoms with Crippen LogP contribution in [-0.4, -0.2) is 105 Å². The van der Waals surface area contributed by atoms with Gasteiger partial charge in [-0.3, -0.25) is 24.3 Å². The molecule has 0 bridgehead atoms. The first-order chi connectivity index (χ1) is 25.0. The molecule has 2 aliphatic rings. The summed E-state index contributed by atoms with van der Waals surface area (Å²) in [6.45, 7) is 1.93. The Morgan fingerprint density at radius 3 is 2.34 bits per heavy atom. The Kier molecular flexibility index (Phi) is 12.6. The second-order valence-electron chi connectivity index (χ2n) is 11.3. The fourth-order valence-electron chi connectivity index (χ4n) is 5.07. The highest BCUT2D eigenvalue weighted by Gasteiger charge is 2.42. The van der Waals surface area contributed by atoms with Gasteiger partial charge in [-0.2, -0.15) is 13.2 Å². The van der Waals surface area contributed by atoms with Crippen LogP contribution in [0, 0.1) is 5.82 Å². The summed E-state index contributed by atoms with van der Waals surface area (Å²) in [6, 6.07) is 11.4. The number of halogens is 4. The number of rotatable bonds is 9. The van der Waals surface area contributed by atoms with Gasteiger partial charge in [-0.1, -0.05) is 42.5 Å². The van der Waals surface area contributed by atoms with E-state index in [1.807, 2.05) is 30.3 Å². The molecular formula is C32H30BF4N5O11. The number of piperazine rings is 1. The molecule has 0 spiro atoms. The first kappa shape index (κ1) is 39.5. The number of carboxylic acid groups (broad SMARTS) is 2. The molecule has 2 atom stereocenters. The zero-order valence-corrected chi connectivity index (χ0v) is 27.5. The van der Waals surface area contributed by atoms with Gasteiger partial charge in [0.15, 0.2) is 11.9 Å². The van der Waals surface area contributed by atoms with Crippen molar-refractivity contribution in [3.8, 4) is 11.5 Å². The van der Waals surface area contributed by atoms with Gasteiger partial charge in [0.2, 0.25) is 5.91 Å². The Balaban J connectivity index is 0.000000815. The maximum absolute atomic E-state index is 15.5. The second kappa shape index (κ2) is 16.8. The van der Waals surface area contributed by atoms with Gasteiger partial charge >= 0.3 is 43.1 Å². The maximum Gasteiger partial charge on any atom is 0.547 e. The number of hydrogen-bond acceptors (Lipinski definition) is 10. The lowest BCUT2D eigenvalue weighted by atomic mass is 9.72. The van der Waals surface area contributed by atoms with Gasteiger partial charge in [0, 0.05) is 25.7 Å². The van der Waals surface area contributed by atoms with Crippen molar-refractivity contribution in [1.82, 2.24) is 25.4 Å². The number of likely N-dealkylation sites (N-methyl/N-ethyl adjacent to an activating group) is 1. The molecule has 2 aliphatic heterocycles. The number of nitrogens with one attached hydrogen (secondary N) is 2. The minimum absolute atomic E-state index is 0.0361. The third kappa shape index (κ3) is 9.76. The van der Waals surface area contributed by atoms with Gasteiger partial charge in [-0.05, 0) is 30.5 Å². The summed E-state index contributed by atoms with van der Waals surface area (Å²) in [6.07, 6.45) is -4.00. The van der Waals surface area contributed by atoms with Crippen molar-refractivity contribution >= 4 is 42.8 Å². The monoisotopic (exact) mass is 747 g/mol. The normalized spacial score (nSPS) is 16.0. The van der Waals surface area contributed by atoms with E-state index in [0.717, 1.165) is 17.8 Å². The number of nitrogens with zero attached hydrogens (tertiary/aromatic N) is 3. The SMILES string of the molecule is CCN1CCN(C(=O)NC(C(=O)N[C@H]2Cc3cccc(C(=O)O)c3OB2O)c2ncc(OCc3ccccc3)cc2F)C(=O)C1=O.O=C(O)C(F)(F)F. The van der Waals surface area contributed by atoms with Gasteiger partial charge in [-0.15, -0.1) is 0 Å². The van der Waals surface area contributed by atoms with E-state index in [-0.39, 0.29) is 49.7 Å². The molecule has 1 unspecified atom stereocenters. The number of amides is 5. The summed E-state index contributed by atoms with van der Waals surface area (Å²) in [4.78, 5) is 78.3. The highest BCUT2D eigenvalue weighted by molar-refractivity contribution is 6.47. The lowest BCUT2D eigenvalue weighted by Gasteiger charge is -2.33. The standard InChI is InChI=1S/C30H29BFN5O9.C2HF3O2/c1-2-36-11-12-37(28(40)27(36)39)30(43)35-24(23-21(32)14-19(15-33-23)45-16-17-7-4-3-5-8-17)26(38)34-22-13-18-9-6-10-20(29(41)42)25(18)46-31(22)44;3-2(4,5)1(6)7/h3-10,14-15,22,24,44H,2,11-13,16H2,1H3,(H,34,38)(H,35,43)(H,41,42);(H,6,7)/t22-,24?;/m0./s1. The number of imide groups is 1. The Morgan fingerprint density at radius 1 is 1.06 bits per heavy atom. The molecule has 0 aliphatic carbocycles. The summed E-state index contributed by atoms with van der Waals surface area (Å²) in [5, 5.41) is 32.0. The first-order valence-electron chi connectivity index (χ1n) is 15.6. The number of para-hydroxylation sites is 1. The van der Waals surface area contributed by atoms with Gasteiger partial charge in [-0.25, -0.2) is 18.8 Å². The van der Waals surface area contributed by atoms with Crippen LogP contribution in [-0.2, 0) is 32.2 Å². The molecule has 1 aromatic heterocycles. The number of ether oxygens (including phenoxy) is 1. The number of aromatic nitrogens is 1. The summed E-state index contributed by atoms with van der Waals surface area (Å²) in [5.74, 6) is -9.31. The quantitative estimate of drug-likeness (QED) is 0.120. The van der Waals surface area contributed by atoms with E-state index >= 15 is 4.39 Å². The smallest absolute Gasteiger partial charge is 0.534 e. The molecular weight excluding hydrogens is 717 g/mol. The highest BCUT2D eigenvalue weighted by Crippen LogP contribution is 2.30. The van der Waals surface area contributed by atoms with Crippen molar-refractivity contribution in [2.75, 3.05) is 19.6 Å². The molecule has 3 aromatic rings.